The number of sulfonamides is 2. The van der Waals surface area contributed by atoms with E-state index in [4.69, 9.17) is 18.9 Å². The van der Waals surface area contributed by atoms with Crippen LogP contribution in [0.3, 0.4) is 0 Å². The highest BCUT2D eigenvalue weighted by molar-refractivity contribution is 7.93. The lowest BCUT2D eigenvalue weighted by atomic mass is 10.2. The van der Waals surface area contributed by atoms with Crippen molar-refractivity contribution in [1.29, 1.82) is 0 Å². The number of methoxy groups -OCH3 is 4. The quantitative estimate of drug-likeness (QED) is 0.226. The summed E-state index contributed by atoms with van der Waals surface area (Å²) >= 11 is 0. The average molecular weight is 642 g/mol. The van der Waals surface area contributed by atoms with Crippen molar-refractivity contribution in [1.82, 2.24) is 0 Å². The third kappa shape index (κ3) is 6.82. The Morgan fingerprint density at radius 3 is 1.84 bits per heavy atom. The molecule has 0 atom stereocenters. The second-order valence-corrected chi connectivity index (χ2v) is 12.8. The molecular formula is C30H31N3O9S2. The third-order valence-corrected chi connectivity index (χ3v) is 9.74. The first-order chi connectivity index (χ1) is 20.9. The van der Waals surface area contributed by atoms with Gasteiger partial charge in [-0.1, -0.05) is 0 Å². The lowest BCUT2D eigenvalue weighted by Gasteiger charge is -2.20. The number of carbonyl (C=O) groups excluding carboxylic acids is 1. The van der Waals surface area contributed by atoms with E-state index in [-0.39, 0.29) is 26.8 Å². The van der Waals surface area contributed by atoms with Crippen LogP contribution in [0.25, 0.3) is 0 Å². The van der Waals surface area contributed by atoms with Gasteiger partial charge in [0.15, 0.2) is 11.5 Å². The molecule has 0 fully saturated rings. The Morgan fingerprint density at radius 1 is 0.659 bits per heavy atom. The van der Waals surface area contributed by atoms with Gasteiger partial charge < -0.3 is 24.3 Å². The van der Waals surface area contributed by atoms with Crippen molar-refractivity contribution in [2.75, 3.05) is 49.8 Å². The summed E-state index contributed by atoms with van der Waals surface area (Å²) in [5.74, 6) is 0.950. The molecule has 0 spiro atoms. The molecule has 0 radical (unpaired) electrons. The summed E-state index contributed by atoms with van der Waals surface area (Å²) in [6.45, 7) is 0. The van der Waals surface area contributed by atoms with Crippen molar-refractivity contribution in [2.24, 2.45) is 0 Å². The molecule has 44 heavy (non-hydrogen) atoms. The van der Waals surface area contributed by atoms with Gasteiger partial charge in [0.25, 0.3) is 26.0 Å². The van der Waals surface area contributed by atoms with E-state index in [2.05, 4.69) is 10.0 Å². The van der Waals surface area contributed by atoms with Gasteiger partial charge in [0.05, 0.1) is 49.6 Å². The van der Waals surface area contributed by atoms with E-state index in [9.17, 15) is 21.6 Å². The number of hydrogen-bond donors (Lipinski definition) is 2. The van der Waals surface area contributed by atoms with E-state index in [0.29, 0.717) is 28.6 Å². The number of anilines is 3. The fraction of sp³-hybridized carbons (Fsp3) is 0.167. The summed E-state index contributed by atoms with van der Waals surface area (Å²) in [5, 5.41) is 2.70. The van der Waals surface area contributed by atoms with Crippen molar-refractivity contribution in [3.63, 3.8) is 0 Å². The van der Waals surface area contributed by atoms with Gasteiger partial charge in [0, 0.05) is 30.4 Å². The van der Waals surface area contributed by atoms with Crippen molar-refractivity contribution < 1.29 is 40.6 Å². The molecule has 0 unspecified atom stereocenters. The average Bonchev–Trinajstić information content (AvgIpc) is 3.04. The van der Waals surface area contributed by atoms with Crippen molar-refractivity contribution in [2.45, 2.75) is 9.79 Å². The molecule has 232 valence electrons. The van der Waals surface area contributed by atoms with Gasteiger partial charge in [-0.3, -0.25) is 13.8 Å². The molecule has 12 nitrogen and oxygen atoms in total. The molecule has 0 saturated carbocycles. The van der Waals surface area contributed by atoms with Gasteiger partial charge in [-0.25, -0.2) is 16.8 Å². The molecule has 0 aliphatic heterocycles. The molecule has 0 heterocycles. The molecule has 0 aliphatic rings. The Morgan fingerprint density at radius 2 is 1.25 bits per heavy atom. The number of carbonyl (C=O) groups is 1. The zero-order chi connectivity index (χ0) is 32.1. The Balaban J connectivity index is 1.45. The van der Waals surface area contributed by atoms with Crippen LogP contribution in [-0.4, -0.2) is 58.2 Å². The van der Waals surface area contributed by atoms with Crippen LogP contribution in [-0.2, 0) is 20.0 Å². The van der Waals surface area contributed by atoms with Crippen LogP contribution in [0, 0.1) is 0 Å². The lowest BCUT2D eigenvalue weighted by molar-refractivity contribution is 0.102. The molecule has 0 bridgehead atoms. The van der Waals surface area contributed by atoms with Crippen molar-refractivity contribution in [3.05, 3.63) is 90.5 Å². The Kier molecular flexibility index (Phi) is 9.55. The van der Waals surface area contributed by atoms with Gasteiger partial charge in [-0.05, 0) is 72.8 Å². The van der Waals surface area contributed by atoms with Gasteiger partial charge in [-0.15, -0.1) is 0 Å². The summed E-state index contributed by atoms with van der Waals surface area (Å²) in [5.41, 5.74) is 1.14. The first kappa shape index (κ1) is 32.0. The van der Waals surface area contributed by atoms with Crippen LogP contribution in [0.1, 0.15) is 10.4 Å². The smallest absolute Gasteiger partial charge is 0.264 e. The SMILES string of the molecule is COc1ccc(OC)c(NS(=O)(=O)c2ccc(NC(=O)c3ccc(N(C)S(=O)(=O)c4ccc(OC)c(OC)c4)cc3)cc2)c1. The van der Waals surface area contributed by atoms with Crippen LogP contribution < -0.4 is 33.3 Å². The van der Waals surface area contributed by atoms with Gasteiger partial charge in [0.2, 0.25) is 0 Å². The number of nitrogens with zero attached hydrogens (tertiary/aromatic N) is 1. The molecule has 4 aromatic carbocycles. The van der Waals surface area contributed by atoms with Crippen LogP contribution in [0.15, 0.2) is 94.7 Å². The molecule has 14 heteroatoms. The summed E-state index contributed by atoms with van der Waals surface area (Å²) in [7, 11) is -0.779. The van der Waals surface area contributed by atoms with E-state index in [1.807, 2.05) is 0 Å². The molecule has 4 rings (SSSR count). The fourth-order valence-electron chi connectivity index (χ4n) is 4.11. The molecule has 4 aromatic rings. The molecule has 1 amide bonds. The zero-order valence-corrected chi connectivity index (χ0v) is 26.2. The predicted molar refractivity (Wildman–Crippen MR) is 166 cm³/mol. The minimum Gasteiger partial charge on any atom is -0.497 e. The van der Waals surface area contributed by atoms with Crippen LogP contribution in [0.2, 0.25) is 0 Å². The largest absolute Gasteiger partial charge is 0.497 e. The number of amides is 1. The van der Waals surface area contributed by atoms with E-state index in [1.54, 1.807) is 12.1 Å². The summed E-state index contributed by atoms with van der Waals surface area (Å²) in [6.07, 6.45) is 0. The molecule has 0 aliphatic carbocycles. The number of nitrogens with one attached hydrogen (secondary N) is 2. The predicted octanol–water partition coefficient (Wildman–Crippen LogP) is 4.60. The van der Waals surface area contributed by atoms with E-state index >= 15 is 0 Å². The van der Waals surface area contributed by atoms with Gasteiger partial charge >= 0.3 is 0 Å². The minimum atomic E-state index is -3.99. The standard InChI is InChI=1S/C30H31N3O9S2/c1-33(44(37,38)25-15-17-28(41-4)29(19-25)42-5)22-10-6-20(7-11-22)30(34)31-21-8-13-24(14-9-21)43(35,36)32-26-18-23(39-2)12-16-27(26)40-3/h6-19,32H,1-5H3,(H,31,34). The first-order valence-electron chi connectivity index (χ1n) is 12.9. The van der Waals surface area contributed by atoms with E-state index in [1.165, 1.54) is 108 Å². The Labute approximate surface area is 256 Å². The number of hydrogen-bond acceptors (Lipinski definition) is 9. The first-order valence-corrected chi connectivity index (χ1v) is 15.8. The van der Waals surface area contributed by atoms with Gasteiger partial charge in [0.1, 0.15) is 11.5 Å². The summed E-state index contributed by atoms with van der Waals surface area (Å²) in [4.78, 5) is 12.8. The molecular weight excluding hydrogens is 610 g/mol. The van der Waals surface area contributed by atoms with Gasteiger partial charge in [-0.2, -0.15) is 0 Å². The topological polar surface area (TPSA) is 150 Å². The number of ether oxygens (including phenoxy) is 4. The monoisotopic (exact) mass is 641 g/mol. The maximum absolute atomic E-state index is 13.2. The lowest BCUT2D eigenvalue weighted by Crippen LogP contribution is -2.26. The minimum absolute atomic E-state index is 0.00256. The molecule has 2 N–H and O–H groups in total. The zero-order valence-electron chi connectivity index (χ0n) is 24.5. The second kappa shape index (κ2) is 13.1. The highest BCUT2D eigenvalue weighted by atomic mass is 32.2. The van der Waals surface area contributed by atoms with Crippen molar-refractivity contribution >= 4 is 43.0 Å². The normalized spacial score (nSPS) is 11.3. The van der Waals surface area contributed by atoms with Crippen LogP contribution >= 0.6 is 0 Å². The summed E-state index contributed by atoms with van der Waals surface area (Å²) < 4.78 is 76.7. The van der Waals surface area contributed by atoms with Crippen LogP contribution in [0.5, 0.6) is 23.0 Å². The highest BCUT2D eigenvalue weighted by Gasteiger charge is 2.24. The Hall–Kier alpha value is -4.95. The Bertz CT molecular complexity index is 1860. The summed E-state index contributed by atoms with van der Waals surface area (Å²) in [6, 6.07) is 20.6. The van der Waals surface area contributed by atoms with E-state index in [0.717, 1.165) is 4.31 Å². The van der Waals surface area contributed by atoms with E-state index < -0.39 is 26.0 Å². The van der Waals surface area contributed by atoms with Crippen LogP contribution in [0.4, 0.5) is 17.1 Å². The highest BCUT2D eigenvalue weighted by Crippen LogP contribution is 2.33. The maximum atomic E-state index is 13.2. The van der Waals surface area contributed by atoms with Crippen molar-refractivity contribution in [3.8, 4) is 23.0 Å². The molecule has 0 aromatic heterocycles. The number of rotatable bonds is 12. The maximum Gasteiger partial charge on any atom is 0.264 e. The second-order valence-electron chi connectivity index (χ2n) is 9.19. The fourth-order valence-corrected chi connectivity index (χ4v) is 6.39. The molecule has 0 saturated heterocycles. The third-order valence-electron chi connectivity index (χ3n) is 6.58. The number of benzene rings is 4.